The lowest BCUT2D eigenvalue weighted by atomic mass is 10.1. The molecule has 0 radical (unpaired) electrons. The average Bonchev–Trinajstić information content (AvgIpc) is 2.49. The van der Waals surface area contributed by atoms with Gasteiger partial charge in [0.2, 0.25) is 0 Å². The van der Waals surface area contributed by atoms with Gasteiger partial charge in [0.1, 0.15) is 0 Å². The molecule has 0 saturated heterocycles. The van der Waals surface area contributed by atoms with Gasteiger partial charge in [0.25, 0.3) is 0 Å². The maximum Gasteiger partial charge on any atom is 0.0929 e. The Kier molecular flexibility index (Phi) is 2.15. The molecule has 0 unspecified atom stereocenters. The minimum atomic E-state index is 0.520. The number of thiazole rings is 1. The van der Waals surface area contributed by atoms with Crippen LogP contribution in [0.15, 0.2) is 0 Å². The predicted octanol–water partition coefficient (Wildman–Crippen LogP) is 1.91. The van der Waals surface area contributed by atoms with Crippen molar-refractivity contribution in [3.05, 3.63) is 15.6 Å². The molecule has 1 atom stereocenters. The summed E-state index contributed by atoms with van der Waals surface area (Å²) in [7, 11) is 0. The largest absolute Gasteiger partial charge is 0.309 e. The van der Waals surface area contributed by atoms with Crippen LogP contribution in [0.5, 0.6) is 0 Å². The van der Waals surface area contributed by atoms with Gasteiger partial charge in [-0.15, -0.1) is 11.3 Å². The van der Waals surface area contributed by atoms with Gasteiger partial charge in [0, 0.05) is 23.9 Å². The lowest BCUT2D eigenvalue weighted by Crippen LogP contribution is -2.26. The number of nitrogens with one attached hydrogen (secondary N) is 1. The molecule has 12 heavy (non-hydrogen) atoms. The van der Waals surface area contributed by atoms with Gasteiger partial charge in [-0.05, 0) is 13.3 Å². The second kappa shape index (κ2) is 3.15. The number of hydrogen-bond donors (Lipinski definition) is 1. The first-order valence-corrected chi connectivity index (χ1v) is 5.34. The summed E-state index contributed by atoms with van der Waals surface area (Å²) in [4.78, 5) is 6.05. The Balaban J connectivity index is 2.37. The van der Waals surface area contributed by atoms with Gasteiger partial charge in [-0.2, -0.15) is 0 Å². The van der Waals surface area contributed by atoms with Crippen LogP contribution < -0.4 is 5.32 Å². The van der Waals surface area contributed by atoms with E-state index >= 15 is 0 Å². The fraction of sp³-hybridized carbons (Fsp3) is 0.667. The highest BCUT2D eigenvalue weighted by Gasteiger charge is 2.19. The van der Waals surface area contributed by atoms with E-state index in [0.717, 1.165) is 19.4 Å². The lowest BCUT2D eigenvalue weighted by molar-refractivity contribution is 0.544. The zero-order chi connectivity index (χ0) is 8.55. The number of aromatic nitrogens is 1. The van der Waals surface area contributed by atoms with Crippen molar-refractivity contribution in [3.63, 3.8) is 0 Å². The molecule has 66 valence electrons. The van der Waals surface area contributed by atoms with Crippen LogP contribution in [0.3, 0.4) is 0 Å². The van der Waals surface area contributed by atoms with Gasteiger partial charge >= 0.3 is 0 Å². The minimum absolute atomic E-state index is 0.520. The number of nitrogens with zero attached hydrogens (tertiary/aromatic N) is 1. The second-order valence-corrected chi connectivity index (χ2v) is 4.31. The van der Waals surface area contributed by atoms with E-state index in [1.807, 2.05) is 11.3 Å². The summed E-state index contributed by atoms with van der Waals surface area (Å²) in [5.41, 5.74) is 1.34. The highest BCUT2D eigenvalue weighted by Crippen LogP contribution is 2.28. The maximum absolute atomic E-state index is 4.60. The van der Waals surface area contributed by atoms with Crippen molar-refractivity contribution in [2.45, 2.75) is 32.7 Å². The zero-order valence-electron chi connectivity index (χ0n) is 7.55. The Labute approximate surface area is 77.0 Å². The summed E-state index contributed by atoms with van der Waals surface area (Å²) in [6, 6.07) is 0.520. The molecular weight excluding hydrogens is 168 g/mol. The van der Waals surface area contributed by atoms with Crippen molar-refractivity contribution in [2.24, 2.45) is 0 Å². The minimum Gasteiger partial charge on any atom is -0.309 e. The molecule has 0 bridgehead atoms. The molecule has 1 aromatic heterocycles. The molecule has 0 saturated carbocycles. The van der Waals surface area contributed by atoms with Crippen molar-refractivity contribution < 1.29 is 0 Å². The first kappa shape index (κ1) is 8.20. The van der Waals surface area contributed by atoms with Crippen LogP contribution in [0.2, 0.25) is 0 Å². The van der Waals surface area contributed by atoms with Gasteiger partial charge < -0.3 is 5.32 Å². The van der Waals surface area contributed by atoms with Crippen LogP contribution in [0, 0.1) is 0 Å². The average molecular weight is 182 g/mol. The van der Waals surface area contributed by atoms with E-state index in [1.54, 1.807) is 0 Å². The highest BCUT2D eigenvalue weighted by molar-refractivity contribution is 7.11. The van der Waals surface area contributed by atoms with Gasteiger partial charge in [-0.3, -0.25) is 0 Å². The summed E-state index contributed by atoms with van der Waals surface area (Å²) >= 11 is 1.87. The Bertz CT molecular complexity index is 280. The summed E-state index contributed by atoms with van der Waals surface area (Å²) in [5, 5.41) is 4.73. The van der Waals surface area contributed by atoms with E-state index in [1.165, 1.54) is 15.6 Å². The molecule has 0 fully saturated rings. The molecule has 3 heteroatoms. The van der Waals surface area contributed by atoms with E-state index in [4.69, 9.17) is 0 Å². The van der Waals surface area contributed by atoms with Gasteiger partial charge in [-0.1, -0.05) is 6.92 Å². The van der Waals surface area contributed by atoms with Gasteiger partial charge in [0.15, 0.2) is 0 Å². The van der Waals surface area contributed by atoms with Crippen LogP contribution in [-0.2, 0) is 12.8 Å². The number of aryl methyl sites for hydroxylation is 1. The molecule has 2 heterocycles. The quantitative estimate of drug-likeness (QED) is 0.717. The van der Waals surface area contributed by atoms with E-state index in [0.29, 0.717) is 6.04 Å². The van der Waals surface area contributed by atoms with Crippen molar-refractivity contribution >= 4 is 11.3 Å². The van der Waals surface area contributed by atoms with E-state index in [9.17, 15) is 0 Å². The molecule has 1 aliphatic rings. The molecule has 2 nitrogen and oxygen atoms in total. The Morgan fingerprint density at radius 3 is 3.17 bits per heavy atom. The monoisotopic (exact) mass is 182 g/mol. The predicted molar refractivity (Wildman–Crippen MR) is 51.6 cm³/mol. The molecule has 0 spiro atoms. The van der Waals surface area contributed by atoms with Gasteiger partial charge in [-0.25, -0.2) is 4.98 Å². The van der Waals surface area contributed by atoms with Crippen LogP contribution >= 0.6 is 11.3 Å². The summed E-state index contributed by atoms with van der Waals surface area (Å²) in [5.74, 6) is 0. The zero-order valence-corrected chi connectivity index (χ0v) is 8.37. The maximum atomic E-state index is 4.60. The molecule has 0 amide bonds. The van der Waals surface area contributed by atoms with Crippen LogP contribution in [-0.4, -0.2) is 11.5 Å². The SMILES string of the molecule is CCc1nc2c(s1)[C@H](C)NCC2. The van der Waals surface area contributed by atoms with E-state index in [2.05, 4.69) is 24.1 Å². The van der Waals surface area contributed by atoms with Crippen LogP contribution in [0.25, 0.3) is 0 Å². The van der Waals surface area contributed by atoms with Crippen LogP contribution in [0.4, 0.5) is 0 Å². The number of hydrogen-bond acceptors (Lipinski definition) is 3. The fourth-order valence-electron chi connectivity index (χ4n) is 1.58. The lowest BCUT2D eigenvalue weighted by Gasteiger charge is -2.18. The Hall–Kier alpha value is -0.410. The Morgan fingerprint density at radius 1 is 1.67 bits per heavy atom. The number of rotatable bonds is 1. The highest BCUT2D eigenvalue weighted by atomic mass is 32.1. The third-order valence-electron chi connectivity index (χ3n) is 2.28. The van der Waals surface area contributed by atoms with Crippen molar-refractivity contribution in [2.75, 3.05) is 6.54 Å². The number of fused-ring (bicyclic) bond motifs is 1. The molecule has 0 aliphatic carbocycles. The molecule has 2 rings (SSSR count). The topological polar surface area (TPSA) is 24.9 Å². The van der Waals surface area contributed by atoms with Crippen molar-refractivity contribution in [1.29, 1.82) is 0 Å². The third kappa shape index (κ3) is 1.27. The first-order chi connectivity index (χ1) is 5.81. The second-order valence-electron chi connectivity index (χ2n) is 3.20. The summed E-state index contributed by atoms with van der Waals surface area (Å²) in [6.45, 7) is 5.47. The molecule has 1 N–H and O–H groups in total. The van der Waals surface area contributed by atoms with Crippen molar-refractivity contribution in [3.8, 4) is 0 Å². The normalized spacial score (nSPS) is 22.3. The first-order valence-electron chi connectivity index (χ1n) is 4.53. The Morgan fingerprint density at radius 2 is 2.50 bits per heavy atom. The molecular formula is C9H14N2S. The standard InChI is InChI=1S/C9H14N2S/c1-3-8-11-7-4-5-10-6(2)9(7)12-8/h6,10H,3-5H2,1-2H3/t6-/m0/s1. The molecule has 1 aromatic rings. The summed E-state index contributed by atoms with van der Waals surface area (Å²) in [6.07, 6.45) is 2.18. The van der Waals surface area contributed by atoms with Gasteiger partial charge in [0.05, 0.1) is 10.7 Å². The third-order valence-corrected chi connectivity index (χ3v) is 3.70. The van der Waals surface area contributed by atoms with E-state index < -0.39 is 0 Å². The van der Waals surface area contributed by atoms with Crippen LogP contribution in [0.1, 0.15) is 35.5 Å². The summed E-state index contributed by atoms with van der Waals surface area (Å²) < 4.78 is 0. The molecule has 1 aliphatic heterocycles. The molecule has 0 aromatic carbocycles. The van der Waals surface area contributed by atoms with Crippen molar-refractivity contribution in [1.82, 2.24) is 10.3 Å². The smallest absolute Gasteiger partial charge is 0.0929 e. The fourth-order valence-corrected chi connectivity index (χ4v) is 2.66. The van der Waals surface area contributed by atoms with E-state index in [-0.39, 0.29) is 0 Å².